The maximum Gasteiger partial charge on any atom is 0.251 e. The molecule has 1 atom stereocenters. The van der Waals surface area contributed by atoms with E-state index in [1.807, 2.05) is 46.8 Å². The van der Waals surface area contributed by atoms with E-state index in [0.717, 1.165) is 69.4 Å². The first-order valence-electron chi connectivity index (χ1n) is 15.5. The normalized spacial score (nSPS) is 14.3. The molecule has 0 saturated heterocycles. The number of fused-ring (bicyclic) bond motifs is 1. The van der Waals surface area contributed by atoms with Crippen LogP contribution in [0.1, 0.15) is 35.1 Å². The van der Waals surface area contributed by atoms with E-state index in [9.17, 15) is 4.79 Å². The quantitative estimate of drug-likeness (QED) is 0.0863. The lowest BCUT2D eigenvalue weighted by Crippen LogP contribution is -2.48. The molecule has 0 amide bonds. The Morgan fingerprint density at radius 2 is 1.85 bits per heavy atom. The number of aromatic nitrogens is 2. The second kappa shape index (κ2) is 13.3. The molecule has 6 rings (SSSR count). The number of halogens is 1. The average Bonchev–Trinajstić information content (AvgIpc) is 3.90. The SMILES string of the molecule is C=CN=CN(C)C(=C)C(NCc1ccccc1)(c1ccc(Cl)nc1)c1ccc2c(c1)c(-c1cccc(C)c1)cc(=O)n2CC1CC1. The average molecular weight is 628 g/mol. The standard InChI is InChI=1S/C39H38ClN5O/c1-5-41-26-44(4)28(3)39(33-17-19-37(40)42-24-33,43-23-29-11-7-6-8-12-29)32-16-18-36-35(21-32)34(31-13-9-10-27(2)20-31)22-38(46)45(36)25-30-14-15-30/h5-13,16-22,24,26,30,43H,1,3,14-15,23,25H2,2,4H3. The van der Waals surface area contributed by atoms with Crippen molar-refractivity contribution in [1.82, 2.24) is 19.8 Å². The number of hydrogen-bond acceptors (Lipinski definition) is 4. The lowest BCUT2D eigenvalue weighted by Gasteiger charge is -2.41. The molecule has 46 heavy (non-hydrogen) atoms. The summed E-state index contributed by atoms with van der Waals surface area (Å²) in [5.74, 6) is 0.537. The van der Waals surface area contributed by atoms with E-state index in [0.29, 0.717) is 17.6 Å². The number of nitrogens with zero attached hydrogens (tertiary/aromatic N) is 4. The van der Waals surface area contributed by atoms with Crippen LogP contribution in [0.4, 0.5) is 0 Å². The van der Waals surface area contributed by atoms with Gasteiger partial charge in [0.05, 0.1) is 11.9 Å². The molecule has 3 aromatic carbocycles. The summed E-state index contributed by atoms with van der Waals surface area (Å²) >= 11 is 6.32. The number of aliphatic imine (C=N–C) groups is 1. The number of rotatable bonds is 12. The fourth-order valence-electron chi connectivity index (χ4n) is 6.13. The summed E-state index contributed by atoms with van der Waals surface area (Å²) in [5, 5.41) is 5.27. The van der Waals surface area contributed by atoms with Crippen molar-refractivity contribution >= 4 is 28.8 Å². The van der Waals surface area contributed by atoms with Crippen molar-refractivity contribution in [2.24, 2.45) is 10.9 Å². The zero-order valence-corrected chi connectivity index (χ0v) is 27.0. The highest BCUT2D eigenvalue weighted by atomic mass is 35.5. The van der Waals surface area contributed by atoms with Crippen LogP contribution in [0, 0.1) is 12.8 Å². The molecule has 7 heteroatoms. The first-order chi connectivity index (χ1) is 22.3. The number of aryl methyl sites for hydroxylation is 1. The van der Waals surface area contributed by atoms with Gasteiger partial charge in [0.1, 0.15) is 10.7 Å². The summed E-state index contributed by atoms with van der Waals surface area (Å²) in [6, 6.07) is 30.5. The van der Waals surface area contributed by atoms with E-state index >= 15 is 0 Å². The van der Waals surface area contributed by atoms with Crippen molar-refractivity contribution in [3.05, 3.63) is 160 Å². The van der Waals surface area contributed by atoms with Crippen molar-refractivity contribution in [1.29, 1.82) is 0 Å². The van der Waals surface area contributed by atoms with Gasteiger partial charge in [-0.05, 0) is 66.1 Å². The molecule has 2 heterocycles. The zero-order valence-electron chi connectivity index (χ0n) is 26.3. The molecule has 1 unspecified atom stereocenters. The van der Waals surface area contributed by atoms with Crippen LogP contribution in [0.5, 0.6) is 0 Å². The van der Waals surface area contributed by atoms with E-state index in [2.05, 4.69) is 83.9 Å². The minimum Gasteiger partial charge on any atom is -0.337 e. The molecule has 2 aromatic heterocycles. The summed E-state index contributed by atoms with van der Waals surface area (Å²) in [6.07, 6.45) is 7.30. The van der Waals surface area contributed by atoms with Gasteiger partial charge in [-0.1, -0.05) is 97.1 Å². The van der Waals surface area contributed by atoms with Gasteiger partial charge in [0, 0.05) is 55.2 Å². The van der Waals surface area contributed by atoms with Crippen molar-refractivity contribution in [2.75, 3.05) is 7.05 Å². The van der Waals surface area contributed by atoms with E-state index in [-0.39, 0.29) is 5.56 Å². The van der Waals surface area contributed by atoms with Crippen LogP contribution < -0.4 is 10.9 Å². The summed E-state index contributed by atoms with van der Waals surface area (Å²) < 4.78 is 1.94. The highest BCUT2D eigenvalue weighted by Gasteiger charge is 2.40. The van der Waals surface area contributed by atoms with Gasteiger partial charge in [0.15, 0.2) is 0 Å². The summed E-state index contributed by atoms with van der Waals surface area (Å²) in [5.41, 5.74) is 6.64. The van der Waals surface area contributed by atoms with Crippen LogP contribution in [0.3, 0.4) is 0 Å². The number of hydrogen-bond donors (Lipinski definition) is 1. The first kappa shape index (κ1) is 31.2. The van der Waals surface area contributed by atoms with Crippen LogP contribution in [0.25, 0.3) is 22.0 Å². The third-order valence-electron chi connectivity index (χ3n) is 8.78. The fourth-order valence-corrected chi connectivity index (χ4v) is 6.24. The summed E-state index contributed by atoms with van der Waals surface area (Å²) in [4.78, 5) is 24.3. The van der Waals surface area contributed by atoms with Gasteiger partial charge in [-0.2, -0.15) is 0 Å². The fraction of sp³-hybridized carbons (Fsp3) is 0.205. The Kier molecular flexibility index (Phi) is 9.02. The maximum absolute atomic E-state index is 13.7. The maximum atomic E-state index is 13.7. The first-order valence-corrected chi connectivity index (χ1v) is 15.9. The zero-order chi connectivity index (χ0) is 32.3. The molecular formula is C39H38ClN5O. The molecule has 0 bridgehead atoms. The molecule has 1 N–H and O–H groups in total. The molecule has 0 aliphatic heterocycles. The number of likely N-dealkylation sites (N-methyl/N-ethyl adjacent to an activating group) is 1. The summed E-state index contributed by atoms with van der Waals surface area (Å²) in [6.45, 7) is 11.7. The third-order valence-corrected chi connectivity index (χ3v) is 9.00. The van der Waals surface area contributed by atoms with E-state index in [1.165, 1.54) is 6.20 Å². The second-order valence-corrected chi connectivity index (χ2v) is 12.4. The topological polar surface area (TPSA) is 62.5 Å². The van der Waals surface area contributed by atoms with Gasteiger partial charge in [-0.15, -0.1) is 0 Å². The molecule has 1 aliphatic rings. The van der Waals surface area contributed by atoms with E-state index in [4.69, 9.17) is 11.6 Å². The molecule has 0 spiro atoms. The predicted octanol–water partition coefficient (Wildman–Crippen LogP) is 8.09. The Labute approximate surface area is 275 Å². The van der Waals surface area contributed by atoms with Gasteiger partial charge in [0.2, 0.25) is 0 Å². The van der Waals surface area contributed by atoms with Crippen molar-refractivity contribution in [2.45, 2.75) is 38.4 Å². The summed E-state index contributed by atoms with van der Waals surface area (Å²) in [7, 11) is 1.92. The van der Waals surface area contributed by atoms with Crippen molar-refractivity contribution < 1.29 is 0 Å². The Morgan fingerprint density at radius 3 is 2.54 bits per heavy atom. The molecule has 5 aromatic rings. The molecule has 1 fully saturated rings. The smallest absolute Gasteiger partial charge is 0.251 e. The third kappa shape index (κ3) is 6.32. The van der Waals surface area contributed by atoms with Gasteiger partial charge in [0.25, 0.3) is 5.56 Å². The van der Waals surface area contributed by atoms with Gasteiger partial charge in [-0.25, -0.2) is 9.98 Å². The monoisotopic (exact) mass is 627 g/mol. The molecule has 1 aliphatic carbocycles. The van der Waals surface area contributed by atoms with E-state index < -0.39 is 5.54 Å². The lowest BCUT2D eigenvalue weighted by molar-refractivity contribution is 0.392. The van der Waals surface area contributed by atoms with Crippen LogP contribution in [0.2, 0.25) is 5.15 Å². The molecule has 1 saturated carbocycles. The number of pyridine rings is 2. The molecular weight excluding hydrogens is 590 g/mol. The number of nitrogens with one attached hydrogen (secondary N) is 1. The Morgan fingerprint density at radius 1 is 1.07 bits per heavy atom. The lowest BCUT2D eigenvalue weighted by atomic mass is 9.79. The van der Waals surface area contributed by atoms with Crippen LogP contribution in [-0.2, 0) is 18.6 Å². The van der Waals surface area contributed by atoms with E-state index in [1.54, 1.807) is 24.7 Å². The highest BCUT2D eigenvalue weighted by molar-refractivity contribution is 6.29. The number of benzene rings is 3. The van der Waals surface area contributed by atoms with Gasteiger partial charge in [-0.3, -0.25) is 10.1 Å². The van der Waals surface area contributed by atoms with Crippen molar-refractivity contribution in [3.8, 4) is 11.1 Å². The molecule has 6 nitrogen and oxygen atoms in total. The van der Waals surface area contributed by atoms with Gasteiger partial charge >= 0.3 is 0 Å². The van der Waals surface area contributed by atoms with Gasteiger partial charge < -0.3 is 9.47 Å². The largest absolute Gasteiger partial charge is 0.337 e. The second-order valence-electron chi connectivity index (χ2n) is 12.0. The van der Waals surface area contributed by atoms with Crippen LogP contribution in [-0.4, -0.2) is 27.8 Å². The minimum atomic E-state index is -0.967. The highest BCUT2D eigenvalue weighted by Crippen LogP contribution is 2.41. The van der Waals surface area contributed by atoms with Crippen LogP contribution in [0.15, 0.2) is 132 Å². The molecule has 232 valence electrons. The van der Waals surface area contributed by atoms with Crippen molar-refractivity contribution in [3.63, 3.8) is 0 Å². The van der Waals surface area contributed by atoms with Crippen LogP contribution >= 0.6 is 11.6 Å². The minimum absolute atomic E-state index is 0.0174. The Bertz CT molecular complexity index is 1980. The predicted molar refractivity (Wildman–Crippen MR) is 190 cm³/mol. The Hall–Kier alpha value is -4.78. The Balaban J connectivity index is 1.64. The molecule has 0 radical (unpaired) electrons.